The highest BCUT2D eigenvalue weighted by Crippen LogP contribution is 2.32. The summed E-state index contributed by atoms with van der Waals surface area (Å²) in [7, 11) is 0. The van der Waals surface area contributed by atoms with Crippen LogP contribution in [0.1, 0.15) is 25.0 Å². The van der Waals surface area contributed by atoms with Gasteiger partial charge in [-0.1, -0.05) is 31.2 Å². The molecule has 0 aliphatic rings. The van der Waals surface area contributed by atoms with Crippen LogP contribution in [0.4, 0.5) is 0 Å². The second kappa shape index (κ2) is 6.91. The lowest BCUT2D eigenvalue weighted by molar-refractivity contribution is 0.473. The van der Waals surface area contributed by atoms with Crippen molar-refractivity contribution in [3.63, 3.8) is 0 Å². The highest BCUT2D eigenvalue weighted by atomic mass is 79.9. The van der Waals surface area contributed by atoms with Crippen LogP contribution in [0.5, 0.6) is 11.5 Å². The second-order valence-electron chi connectivity index (χ2n) is 5.01. The number of halogens is 1. The van der Waals surface area contributed by atoms with Gasteiger partial charge in [0.25, 0.3) is 0 Å². The van der Waals surface area contributed by atoms with Crippen molar-refractivity contribution in [2.75, 3.05) is 0 Å². The van der Waals surface area contributed by atoms with Crippen molar-refractivity contribution in [2.45, 2.75) is 32.7 Å². The van der Waals surface area contributed by atoms with Crippen LogP contribution in [0.2, 0.25) is 0 Å². The molecule has 0 aliphatic carbocycles. The number of hydrogen-bond acceptors (Lipinski definition) is 2. The topological polar surface area (TPSA) is 35.2 Å². The van der Waals surface area contributed by atoms with Crippen molar-refractivity contribution in [1.29, 1.82) is 0 Å². The number of aryl methyl sites for hydroxylation is 1. The molecule has 106 valence electrons. The van der Waals surface area contributed by atoms with Gasteiger partial charge in [0.2, 0.25) is 0 Å². The van der Waals surface area contributed by atoms with E-state index in [4.69, 9.17) is 10.5 Å². The summed E-state index contributed by atoms with van der Waals surface area (Å²) in [6.45, 7) is 4.14. The van der Waals surface area contributed by atoms with Gasteiger partial charge in [0.15, 0.2) is 0 Å². The molecule has 20 heavy (non-hydrogen) atoms. The fourth-order valence-electron chi connectivity index (χ4n) is 2.14. The molecule has 2 nitrogen and oxygen atoms in total. The zero-order chi connectivity index (χ0) is 14.5. The van der Waals surface area contributed by atoms with E-state index in [9.17, 15) is 0 Å². The molecule has 0 radical (unpaired) electrons. The molecule has 1 atom stereocenters. The van der Waals surface area contributed by atoms with Gasteiger partial charge in [-0.2, -0.15) is 0 Å². The smallest absolute Gasteiger partial charge is 0.141 e. The first-order valence-corrected chi connectivity index (χ1v) is 7.69. The fourth-order valence-corrected chi connectivity index (χ4v) is 2.65. The van der Waals surface area contributed by atoms with E-state index in [-0.39, 0.29) is 6.04 Å². The highest BCUT2D eigenvalue weighted by molar-refractivity contribution is 9.10. The molecule has 0 bridgehead atoms. The lowest BCUT2D eigenvalue weighted by atomic mass is 10.1. The summed E-state index contributed by atoms with van der Waals surface area (Å²) >= 11 is 3.58. The fraction of sp³-hybridized carbons (Fsp3) is 0.294. The van der Waals surface area contributed by atoms with E-state index in [2.05, 4.69) is 41.1 Å². The SMILES string of the molecule is CCc1ccccc1Oc1ccc(CC(C)N)cc1Br. The van der Waals surface area contributed by atoms with Crippen LogP contribution in [-0.4, -0.2) is 6.04 Å². The van der Waals surface area contributed by atoms with Gasteiger partial charge in [-0.05, 0) is 65.0 Å². The van der Waals surface area contributed by atoms with Crippen LogP contribution < -0.4 is 10.5 Å². The molecule has 0 aromatic heterocycles. The van der Waals surface area contributed by atoms with Gasteiger partial charge in [-0.3, -0.25) is 0 Å². The number of hydrogen-bond donors (Lipinski definition) is 1. The molecule has 3 heteroatoms. The quantitative estimate of drug-likeness (QED) is 0.861. The molecular weight excluding hydrogens is 314 g/mol. The monoisotopic (exact) mass is 333 g/mol. The largest absolute Gasteiger partial charge is 0.456 e. The summed E-state index contributed by atoms with van der Waals surface area (Å²) in [6.07, 6.45) is 1.82. The minimum Gasteiger partial charge on any atom is -0.456 e. The Morgan fingerprint density at radius 3 is 2.55 bits per heavy atom. The van der Waals surface area contributed by atoms with E-state index in [0.29, 0.717) is 0 Å². The Balaban J connectivity index is 2.21. The molecule has 0 heterocycles. The lowest BCUT2D eigenvalue weighted by Gasteiger charge is -2.13. The molecule has 0 saturated carbocycles. The molecule has 2 aromatic rings. The second-order valence-corrected chi connectivity index (χ2v) is 5.86. The minimum atomic E-state index is 0.162. The van der Waals surface area contributed by atoms with Gasteiger partial charge in [0.05, 0.1) is 4.47 Å². The summed E-state index contributed by atoms with van der Waals surface area (Å²) in [5, 5.41) is 0. The molecule has 1 unspecified atom stereocenters. The Hall–Kier alpha value is -1.32. The summed E-state index contributed by atoms with van der Waals surface area (Å²) in [5.74, 6) is 1.75. The maximum atomic E-state index is 6.01. The van der Waals surface area contributed by atoms with Crippen molar-refractivity contribution < 1.29 is 4.74 Å². The number of para-hydroxylation sites is 1. The molecule has 0 spiro atoms. The lowest BCUT2D eigenvalue weighted by Crippen LogP contribution is -2.17. The average molecular weight is 334 g/mol. The highest BCUT2D eigenvalue weighted by Gasteiger charge is 2.07. The Labute approximate surface area is 129 Å². The first-order valence-electron chi connectivity index (χ1n) is 6.90. The summed E-state index contributed by atoms with van der Waals surface area (Å²) in [4.78, 5) is 0. The third-order valence-electron chi connectivity index (χ3n) is 3.13. The molecule has 2 N–H and O–H groups in total. The van der Waals surface area contributed by atoms with Crippen molar-refractivity contribution in [2.24, 2.45) is 5.73 Å². The van der Waals surface area contributed by atoms with Crippen LogP contribution in [0.3, 0.4) is 0 Å². The number of ether oxygens (including phenoxy) is 1. The molecule has 0 fully saturated rings. The van der Waals surface area contributed by atoms with Crippen molar-refractivity contribution in [1.82, 2.24) is 0 Å². The Kier molecular flexibility index (Phi) is 5.21. The predicted octanol–water partition coefficient (Wildman–Crippen LogP) is 4.69. The van der Waals surface area contributed by atoms with Crippen LogP contribution in [0.15, 0.2) is 46.9 Å². The standard InChI is InChI=1S/C17H20BrNO/c1-3-14-6-4-5-7-16(14)20-17-9-8-13(10-12(2)19)11-15(17)18/h4-9,11-12H,3,10,19H2,1-2H3. The van der Waals surface area contributed by atoms with E-state index in [1.54, 1.807) is 0 Å². The van der Waals surface area contributed by atoms with Crippen LogP contribution in [0.25, 0.3) is 0 Å². The van der Waals surface area contributed by atoms with E-state index < -0.39 is 0 Å². The van der Waals surface area contributed by atoms with E-state index in [1.165, 1.54) is 11.1 Å². The predicted molar refractivity (Wildman–Crippen MR) is 87.4 cm³/mol. The number of rotatable bonds is 5. The van der Waals surface area contributed by atoms with Crippen LogP contribution in [-0.2, 0) is 12.8 Å². The van der Waals surface area contributed by atoms with Crippen LogP contribution in [0, 0.1) is 0 Å². The molecule has 0 saturated heterocycles. The van der Waals surface area contributed by atoms with Gasteiger partial charge >= 0.3 is 0 Å². The normalized spacial score (nSPS) is 12.2. The summed E-state index contributed by atoms with van der Waals surface area (Å²) in [6, 6.07) is 14.4. The molecule has 2 aromatic carbocycles. The van der Waals surface area contributed by atoms with Crippen molar-refractivity contribution in [3.8, 4) is 11.5 Å². The van der Waals surface area contributed by atoms with Crippen molar-refractivity contribution >= 4 is 15.9 Å². The molecule has 0 aliphatic heterocycles. The maximum absolute atomic E-state index is 6.01. The first kappa shape index (κ1) is 15.1. The van der Waals surface area contributed by atoms with E-state index in [0.717, 1.165) is 28.8 Å². The van der Waals surface area contributed by atoms with Gasteiger partial charge in [0.1, 0.15) is 11.5 Å². The molecular formula is C17H20BrNO. The average Bonchev–Trinajstić information content (AvgIpc) is 2.42. The molecule has 0 amide bonds. The minimum absolute atomic E-state index is 0.162. The zero-order valence-electron chi connectivity index (χ0n) is 11.9. The first-order chi connectivity index (χ1) is 9.60. The van der Waals surface area contributed by atoms with Gasteiger partial charge in [-0.25, -0.2) is 0 Å². The van der Waals surface area contributed by atoms with Crippen molar-refractivity contribution in [3.05, 3.63) is 58.1 Å². The summed E-state index contributed by atoms with van der Waals surface area (Å²) < 4.78 is 6.97. The zero-order valence-corrected chi connectivity index (χ0v) is 13.5. The Morgan fingerprint density at radius 2 is 1.90 bits per heavy atom. The van der Waals surface area contributed by atoms with Crippen LogP contribution >= 0.6 is 15.9 Å². The van der Waals surface area contributed by atoms with E-state index in [1.807, 2.05) is 31.2 Å². The number of nitrogens with two attached hydrogens (primary N) is 1. The van der Waals surface area contributed by atoms with Gasteiger partial charge in [0, 0.05) is 6.04 Å². The maximum Gasteiger partial charge on any atom is 0.141 e. The van der Waals surface area contributed by atoms with Gasteiger partial charge in [-0.15, -0.1) is 0 Å². The third-order valence-corrected chi connectivity index (χ3v) is 3.75. The number of benzene rings is 2. The van der Waals surface area contributed by atoms with Gasteiger partial charge < -0.3 is 10.5 Å². The Bertz CT molecular complexity index is 581. The summed E-state index contributed by atoms with van der Waals surface area (Å²) in [5.41, 5.74) is 8.25. The van der Waals surface area contributed by atoms with E-state index >= 15 is 0 Å². The Morgan fingerprint density at radius 1 is 1.15 bits per heavy atom. The third kappa shape index (κ3) is 3.84. The molecule has 2 rings (SSSR count).